The van der Waals surface area contributed by atoms with Crippen molar-refractivity contribution < 1.29 is 23.4 Å². The summed E-state index contributed by atoms with van der Waals surface area (Å²) in [6.07, 6.45) is -0.603. The molecular formula is C20H19F2N3O3S. The number of anilines is 2. The van der Waals surface area contributed by atoms with Gasteiger partial charge in [0.25, 0.3) is 5.91 Å². The summed E-state index contributed by atoms with van der Waals surface area (Å²) in [6.45, 7) is 1.53. The van der Waals surface area contributed by atoms with Gasteiger partial charge in [0.2, 0.25) is 5.88 Å². The van der Waals surface area contributed by atoms with Crippen molar-refractivity contribution in [1.82, 2.24) is 4.98 Å². The summed E-state index contributed by atoms with van der Waals surface area (Å²) in [6, 6.07) is 8.69. The molecule has 0 saturated heterocycles. The molecule has 2 aromatic heterocycles. The quantitative estimate of drug-likeness (QED) is 0.540. The molecule has 0 fully saturated rings. The Bertz CT molecular complexity index is 1030. The van der Waals surface area contributed by atoms with Crippen molar-refractivity contribution in [3.8, 4) is 16.3 Å². The second-order valence-electron chi connectivity index (χ2n) is 6.40. The highest BCUT2D eigenvalue weighted by atomic mass is 32.1. The van der Waals surface area contributed by atoms with Crippen LogP contribution in [0.25, 0.3) is 10.4 Å². The van der Waals surface area contributed by atoms with Gasteiger partial charge < -0.3 is 20.9 Å². The van der Waals surface area contributed by atoms with E-state index in [4.69, 9.17) is 10.5 Å². The van der Waals surface area contributed by atoms with Crippen LogP contribution in [-0.2, 0) is 6.42 Å². The summed E-state index contributed by atoms with van der Waals surface area (Å²) in [5.74, 6) is -1.58. The Kier molecular flexibility index (Phi) is 6.09. The molecule has 29 heavy (non-hydrogen) atoms. The predicted octanol–water partition coefficient (Wildman–Crippen LogP) is 3.86. The number of hydrogen-bond acceptors (Lipinski definition) is 6. The minimum absolute atomic E-state index is 0.0847. The first-order valence-electron chi connectivity index (χ1n) is 8.66. The third kappa shape index (κ3) is 4.69. The number of nitrogens with two attached hydrogens (primary N) is 1. The Morgan fingerprint density at radius 1 is 1.31 bits per heavy atom. The molecule has 0 saturated carbocycles. The Labute approximate surface area is 170 Å². The van der Waals surface area contributed by atoms with E-state index in [0.717, 1.165) is 11.3 Å². The number of nitrogens with one attached hydrogen (secondary N) is 1. The van der Waals surface area contributed by atoms with Crippen LogP contribution in [0.1, 0.15) is 22.8 Å². The number of rotatable bonds is 7. The number of halogens is 2. The molecule has 6 nitrogen and oxygen atoms in total. The van der Waals surface area contributed by atoms with Gasteiger partial charge in [-0.15, -0.1) is 11.3 Å². The number of pyridine rings is 1. The topological polar surface area (TPSA) is 97.5 Å². The number of ether oxygens (including phenoxy) is 1. The zero-order chi connectivity index (χ0) is 21.1. The molecule has 2 heterocycles. The Hall–Kier alpha value is -3.04. The van der Waals surface area contributed by atoms with Gasteiger partial charge in [-0.05, 0) is 43.2 Å². The first-order chi connectivity index (χ1) is 13.8. The largest absolute Gasteiger partial charge is 0.481 e. The number of methoxy groups -OCH3 is 1. The fourth-order valence-corrected chi connectivity index (χ4v) is 3.94. The minimum atomic E-state index is -0.788. The van der Waals surface area contributed by atoms with Gasteiger partial charge in [0.05, 0.1) is 24.3 Å². The van der Waals surface area contributed by atoms with Crippen molar-refractivity contribution in [2.24, 2.45) is 5.73 Å². The molecule has 0 aliphatic heterocycles. The summed E-state index contributed by atoms with van der Waals surface area (Å²) in [5.41, 5.74) is 5.59. The molecule has 9 heteroatoms. The molecule has 3 rings (SSSR count). The van der Waals surface area contributed by atoms with Crippen LogP contribution in [0.2, 0.25) is 0 Å². The molecule has 152 valence electrons. The molecule has 4 N–H and O–H groups in total. The van der Waals surface area contributed by atoms with Gasteiger partial charge in [0.15, 0.2) is 0 Å². The summed E-state index contributed by atoms with van der Waals surface area (Å²) in [7, 11) is 1.47. The number of carbonyl (C=O) groups is 1. The van der Waals surface area contributed by atoms with Crippen molar-refractivity contribution >= 4 is 28.1 Å². The predicted molar refractivity (Wildman–Crippen MR) is 108 cm³/mol. The number of amides is 1. The summed E-state index contributed by atoms with van der Waals surface area (Å²) in [5, 5.41) is 12.7. The third-order valence-electron chi connectivity index (χ3n) is 4.05. The lowest BCUT2D eigenvalue weighted by Gasteiger charge is -2.08. The van der Waals surface area contributed by atoms with Gasteiger partial charge in [0, 0.05) is 10.9 Å². The van der Waals surface area contributed by atoms with E-state index < -0.39 is 23.6 Å². The van der Waals surface area contributed by atoms with Crippen LogP contribution in [-0.4, -0.2) is 29.2 Å². The second-order valence-corrected chi connectivity index (χ2v) is 7.45. The van der Waals surface area contributed by atoms with E-state index in [-0.39, 0.29) is 22.4 Å². The number of benzene rings is 1. The van der Waals surface area contributed by atoms with E-state index in [1.54, 1.807) is 18.2 Å². The molecule has 1 amide bonds. The van der Waals surface area contributed by atoms with E-state index >= 15 is 0 Å². The van der Waals surface area contributed by atoms with Gasteiger partial charge in [-0.3, -0.25) is 4.79 Å². The number of primary amides is 1. The maximum atomic E-state index is 14.6. The van der Waals surface area contributed by atoms with Gasteiger partial charge in [-0.2, -0.15) is 4.98 Å². The molecule has 1 aromatic carbocycles. The summed E-state index contributed by atoms with van der Waals surface area (Å²) < 4.78 is 34.3. The number of thiophene rings is 1. The van der Waals surface area contributed by atoms with Crippen LogP contribution in [0.3, 0.4) is 0 Å². The number of hydrogen-bond donors (Lipinski definition) is 3. The highest BCUT2D eigenvalue weighted by molar-refractivity contribution is 7.20. The van der Waals surface area contributed by atoms with Crippen LogP contribution in [0.5, 0.6) is 5.88 Å². The number of carbonyl (C=O) groups excluding carboxylic acids is 1. The first-order valence-corrected chi connectivity index (χ1v) is 9.48. The number of aliphatic hydroxyl groups is 1. The fourth-order valence-electron chi connectivity index (χ4n) is 2.82. The van der Waals surface area contributed by atoms with Crippen LogP contribution in [0, 0.1) is 11.6 Å². The van der Waals surface area contributed by atoms with Crippen LogP contribution < -0.4 is 15.8 Å². The second kappa shape index (κ2) is 8.54. The molecular weight excluding hydrogens is 400 g/mol. The van der Waals surface area contributed by atoms with Crippen molar-refractivity contribution in [1.29, 1.82) is 0 Å². The standard InChI is InChI=1S/C20H19F2N3O3S/c1-10(26)6-11-7-13(21)18(14(22)8-11)15-9-12(19(23)27)20(29-15)25-16-4-3-5-17(24-16)28-2/h3-5,7-10,26H,6H2,1-2H3,(H2,23,27)(H,24,25). The molecule has 1 atom stereocenters. The highest BCUT2D eigenvalue weighted by Crippen LogP contribution is 2.39. The Morgan fingerprint density at radius 3 is 2.59 bits per heavy atom. The zero-order valence-electron chi connectivity index (χ0n) is 15.7. The fraction of sp³-hybridized carbons (Fsp3) is 0.200. The molecule has 3 aromatic rings. The zero-order valence-corrected chi connectivity index (χ0v) is 16.5. The average Bonchev–Trinajstić information content (AvgIpc) is 3.04. The smallest absolute Gasteiger partial charge is 0.251 e. The Balaban J connectivity index is 2.01. The maximum Gasteiger partial charge on any atom is 0.251 e. The van der Waals surface area contributed by atoms with Crippen LogP contribution in [0.4, 0.5) is 19.6 Å². The lowest BCUT2D eigenvalue weighted by atomic mass is 10.0. The molecule has 0 aliphatic rings. The number of nitrogens with zero attached hydrogens (tertiary/aromatic N) is 1. The number of aliphatic hydroxyl groups excluding tert-OH is 1. The van der Waals surface area contributed by atoms with Crippen molar-refractivity contribution in [3.63, 3.8) is 0 Å². The van der Waals surface area contributed by atoms with E-state index in [9.17, 15) is 18.7 Å². The third-order valence-corrected chi connectivity index (χ3v) is 5.12. The van der Waals surface area contributed by atoms with Gasteiger partial charge >= 0.3 is 0 Å². The van der Waals surface area contributed by atoms with Gasteiger partial charge in [0.1, 0.15) is 22.5 Å². The molecule has 0 spiro atoms. The minimum Gasteiger partial charge on any atom is -0.481 e. The van der Waals surface area contributed by atoms with Gasteiger partial charge in [-0.1, -0.05) is 6.07 Å². The van der Waals surface area contributed by atoms with Crippen molar-refractivity contribution in [3.05, 3.63) is 59.2 Å². The average molecular weight is 419 g/mol. The van der Waals surface area contributed by atoms with Crippen LogP contribution >= 0.6 is 11.3 Å². The molecule has 1 unspecified atom stereocenters. The molecule has 0 radical (unpaired) electrons. The van der Waals surface area contributed by atoms with Gasteiger partial charge in [-0.25, -0.2) is 8.78 Å². The lowest BCUT2D eigenvalue weighted by molar-refractivity contribution is 0.100. The van der Waals surface area contributed by atoms with E-state index in [1.165, 1.54) is 32.2 Å². The molecule has 0 bridgehead atoms. The van der Waals surface area contributed by atoms with E-state index in [1.807, 2.05) is 0 Å². The van der Waals surface area contributed by atoms with Crippen molar-refractivity contribution in [2.45, 2.75) is 19.4 Å². The lowest BCUT2D eigenvalue weighted by Crippen LogP contribution is -2.11. The maximum absolute atomic E-state index is 14.6. The summed E-state index contributed by atoms with van der Waals surface area (Å²) >= 11 is 0.975. The van der Waals surface area contributed by atoms with Crippen LogP contribution in [0.15, 0.2) is 36.4 Å². The highest BCUT2D eigenvalue weighted by Gasteiger charge is 2.21. The number of aromatic nitrogens is 1. The van der Waals surface area contributed by atoms with E-state index in [0.29, 0.717) is 22.3 Å². The van der Waals surface area contributed by atoms with E-state index in [2.05, 4.69) is 10.3 Å². The van der Waals surface area contributed by atoms with Crippen molar-refractivity contribution in [2.75, 3.05) is 12.4 Å². The monoisotopic (exact) mass is 419 g/mol. The Morgan fingerprint density at radius 2 is 2.00 bits per heavy atom. The molecule has 0 aliphatic carbocycles. The normalized spacial score (nSPS) is 11.9. The first kappa shape index (κ1) is 20.7. The summed E-state index contributed by atoms with van der Waals surface area (Å²) in [4.78, 5) is 16.2. The SMILES string of the molecule is COc1cccc(Nc2sc(-c3c(F)cc(CC(C)O)cc3F)cc2C(N)=O)n1.